The molecule has 0 aliphatic heterocycles. The molecule has 3 aromatic rings. The SMILES string of the molecule is COC(=O)c1ccc(CSc2nc(-c3ccccc3)cn2N)o1. The van der Waals surface area contributed by atoms with Crippen LogP contribution in [0.1, 0.15) is 16.3 Å². The Hall–Kier alpha value is -2.67. The molecule has 6 nitrogen and oxygen atoms in total. The van der Waals surface area contributed by atoms with E-state index >= 15 is 0 Å². The number of esters is 1. The molecule has 2 N–H and O–H groups in total. The fraction of sp³-hybridized carbons (Fsp3) is 0.125. The first kappa shape index (κ1) is 15.2. The predicted molar refractivity (Wildman–Crippen MR) is 87.4 cm³/mol. The summed E-state index contributed by atoms with van der Waals surface area (Å²) in [5, 5.41) is 0.667. The Morgan fingerprint density at radius 2 is 2.09 bits per heavy atom. The number of imidazole rings is 1. The number of benzene rings is 1. The summed E-state index contributed by atoms with van der Waals surface area (Å²) in [7, 11) is 1.32. The quantitative estimate of drug-likeness (QED) is 0.440. The molecule has 0 fully saturated rings. The van der Waals surface area contributed by atoms with E-state index in [1.54, 1.807) is 18.3 Å². The number of aromatic nitrogens is 2. The highest BCUT2D eigenvalue weighted by molar-refractivity contribution is 7.98. The van der Waals surface area contributed by atoms with Crippen molar-refractivity contribution in [2.75, 3.05) is 13.0 Å². The molecule has 0 saturated heterocycles. The number of ether oxygens (including phenoxy) is 1. The predicted octanol–water partition coefficient (Wildman–Crippen LogP) is 2.94. The summed E-state index contributed by atoms with van der Waals surface area (Å²) in [6.45, 7) is 0. The molecule has 0 radical (unpaired) electrons. The Kier molecular flexibility index (Phi) is 4.38. The first-order chi connectivity index (χ1) is 11.2. The van der Waals surface area contributed by atoms with Crippen molar-refractivity contribution in [3.63, 3.8) is 0 Å². The van der Waals surface area contributed by atoms with Gasteiger partial charge in [-0.1, -0.05) is 42.1 Å². The highest BCUT2D eigenvalue weighted by atomic mass is 32.2. The van der Waals surface area contributed by atoms with Crippen LogP contribution in [0.5, 0.6) is 0 Å². The van der Waals surface area contributed by atoms with Gasteiger partial charge in [0.2, 0.25) is 5.76 Å². The number of nitrogen functional groups attached to an aromatic ring is 1. The van der Waals surface area contributed by atoms with Crippen molar-refractivity contribution in [3.05, 3.63) is 60.2 Å². The normalized spacial score (nSPS) is 10.7. The average molecular weight is 329 g/mol. The minimum absolute atomic E-state index is 0.184. The Labute approximate surface area is 137 Å². The second-order valence-corrected chi connectivity index (χ2v) is 5.67. The smallest absolute Gasteiger partial charge is 0.373 e. The maximum atomic E-state index is 11.4. The highest BCUT2D eigenvalue weighted by Gasteiger charge is 2.13. The Morgan fingerprint density at radius 1 is 1.30 bits per heavy atom. The van der Waals surface area contributed by atoms with E-state index in [0.29, 0.717) is 16.7 Å². The third kappa shape index (κ3) is 3.40. The van der Waals surface area contributed by atoms with Crippen LogP contribution in [0.25, 0.3) is 11.3 Å². The van der Waals surface area contributed by atoms with E-state index in [0.717, 1.165) is 11.3 Å². The number of nitrogens with zero attached hydrogens (tertiary/aromatic N) is 2. The third-order valence-corrected chi connectivity index (χ3v) is 4.15. The van der Waals surface area contributed by atoms with Gasteiger partial charge in [0.25, 0.3) is 0 Å². The molecule has 0 aliphatic carbocycles. The fourth-order valence-electron chi connectivity index (χ4n) is 2.03. The summed E-state index contributed by atoms with van der Waals surface area (Å²) in [6, 6.07) is 13.1. The molecule has 2 aromatic heterocycles. The Morgan fingerprint density at radius 3 is 2.83 bits per heavy atom. The number of furan rings is 1. The van der Waals surface area contributed by atoms with Gasteiger partial charge in [-0.3, -0.25) is 0 Å². The molecule has 0 aliphatic rings. The van der Waals surface area contributed by atoms with Gasteiger partial charge in [0.1, 0.15) is 5.76 Å². The van der Waals surface area contributed by atoms with E-state index in [-0.39, 0.29) is 5.76 Å². The summed E-state index contributed by atoms with van der Waals surface area (Å²) in [6.07, 6.45) is 1.78. The van der Waals surface area contributed by atoms with Gasteiger partial charge in [-0.2, -0.15) is 0 Å². The molecule has 0 atom stereocenters. The second kappa shape index (κ2) is 6.62. The van der Waals surface area contributed by atoms with Crippen molar-refractivity contribution in [2.24, 2.45) is 0 Å². The molecule has 1 aromatic carbocycles. The first-order valence-corrected chi connectivity index (χ1v) is 7.85. The van der Waals surface area contributed by atoms with Crippen molar-refractivity contribution in [1.29, 1.82) is 0 Å². The molecule has 0 spiro atoms. The van der Waals surface area contributed by atoms with E-state index in [1.807, 2.05) is 30.3 Å². The van der Waals surface area contributed by atoms with E-state index in [4.69, 9.17) is 10.3 Å². The van der Waals surface area contributed by atoms with Crippen LogP contribution >= 0.6 is 11.8 Å². The minimum Gasteiger partial charge on any atom is -0.463 e. The van der Waals surface area contributed by atoms with E-state index in [2.05, 4.69) is 9.72 Å². The zero-order valence-electron chi connectivity index (χ0n) is 12.4. The Balaban J connectivity index is 1.70. The average Bonchev–Trinajstić information content (AvgIpc) is 3.20. The number of nitrogens with two attached hydrogens (primary N) is 1. The minimum atomic E-state index is -0.493. The molecule has 0 unspecified atom stereocenters. The van der Waals surface area contributed by atoms with Crippen LogP contribution in [0.15, 0.2) is 58.2 Å². The molecular formula is C16H15N3O3S. The van der Waals surface area contributed by atoms with Gasteiger partial charge < -0.3 is 15.0 Å². The highest BCUT2D eigenvalue weighted by Crippen LogP contribution is 2.26. The summed E-state index contributed by atoms with van der Waals surface area (Å²) in [5.74, 6) is 6.80. The molecular weight excluding hydrogens is 314 g/mol. The Bertz CT molecular complexity index is 811. The summed E-state index contributed by atoms with van der Waals surface area (Å²) in [5.41, 5.74) is 1.81. The van der Waals surface area contributed by atoms with Crippen molar-refractivity contribution in [2.45, 2.75) is 10.9 Å². The number of rotatable bonds is 5. The molecule has 3 rings (SSSR count). The zero-order chi connectivity index (χ0) is 16.2. The van der Waals surface area contributed by atoms with Crippen LogP contribution in [-0.2, 0) is 10.5 Å². The summed E-state index contributed by atoms with van der Waals surface area (Å²) >= 11 is 1.43. The zero-order valence-corrected chi connectivity index (χ0v) is 13.2. The lowest BCUT2D eigenvalue weighted by atomic mass is 10.2. The van der Waals surface area contributed by atoms with Gasteiger partial charge in [-0.25, -0.2) is 14.5 Å². The van der Waals surface area contributed by atoms with E-state index < -0.39 is 5.97 Å². The van der Waals surface area contributed by atoms with Crippen LogP contribution in [0.4, 0.5) is 0 Å². The number of hydrogen-bond acceptors (Lipinski definition) is 6. The number of thioether (sulfide) groups is 1. The summed E-state index contributed by atoms with van der Waals surface area (Å²) < 4.78 is 11.5. The first-order valence-electron chi connectivity index (χ1n) is 6.87. The monoisotopic (exact) mass is 329 g/mol. The molecule has 23 heavy (non-hydrogen) atoms. The number of carbonyl (C=O) groups is 1. The largest absolute Gasteiger partial charge is 0.463 e. The van der Waals surface area contributed by atoms with Crippen molar-refractivity contribution < 1.29 is 13.9 Å². The maximum Gasteiger partial charge on any atom is 0.373 e. The molecule has 118 valence electrons. The van der Waals surface area contributed by atoms with E-state index in [9.17, 15) is 4.79 Å². The van der Waals surface area contributed by atoms with Crippen LogP contribution in [0.2, 0.25) is 0 Å². The molecule has 7 heteroatoms. The standard InChI is InChI=1S/C16H15N3O3S/c1-21-15(20)14-8-7-12(22-14)10-23-16-18-13(9-19(16)17)11-5-3-2-4-6-11/h2-9H,10,17H2,1H3. The number of hydrogen-bond donors (Lipinski definition) is 1. The second-order valence-electron chi connectivity index (χ2n) is 4.73. The lowest BCUT2D eigenvalue weighted by Crippen LogP contribution is -2.07. The van der Waals surface area contributed by atoms with Crippen LogP contribution in [0.3, 0.4) is 0 Å². The molecule has 0 saturated carbocycles. The maximum absolute atomic E-state index is 11.4. The van der Waals surface area contributed by atoms with Gasteiger partial charge in [-0.05, 0) is 12.1 Å². The van der Waals surface area contributed by atoms with Gasteiger partial charge in [0, 0.05) is 5.56 Å². The third-order valence-electron chi connectivity index (χ3n) is 3.16. The lowest BCUT2D eigenvalue weighted by Gasteiger charge is -1.99. The van der Waals surface area contributed by atoms with Gasteiger partial charge in [0.15, 0.2) is 5.16 Å². The molecule has 0 bridgehead atoms. The van der Waals surface area contributed by atoms with Crippen LogP contribution < -0.4 is 5.84 Å². The molecule has 2 heterocycles. The van der Waals surface area contributed by atoms with Crippen molar-refractivity contribution >= 4 is 17.7 Å². The van der Waals surface area contributed by atoms with E-state index in [1.165, 1.54) is 23.5 Å². The van der Waals surface area contributed by atoms with Crippen molar-refractivity contribution in [3.8, 4) is 11.3 Å². The van der Waals surface area contributed by atoms with Crippen molar-refractivity contribution in [1.82, 2.24) is 9.66 Å². The van der Waals surface area contributed by atoms with Gasteiger partial charge in [0.05, 0.1) is 24.8 Å². The number of methoxy groups -OCH3 is 1. The summed E-state index contributed by atoms with van der Waals surface area (Å²) in [4.78, 5) is 15.9. The van der Waals surface area contributed by atoms with Crippen LogP contribution in [-0.4, -0.2) is 22.7 Å². The van der Waals surface area contributed by atoms with Gasteiger partial charge in [-0.15, -0.1) is 0 Å². The number of carbonyl (C=O) groups excluding carboxylic acids is 1. The lowest BCUT2D eigenvalue weighted by molar-refractivity contribution is 0.0563. The topological polar surface area (TPSA) is 83.3 Å². The molecule has 0 amide bonds. The van der Waals surface area contributed by atoms with Gasteiger partial charge >= 0.3 is 5.97 Å². The van der Waals surface area contributed by atoms with Crippen LogP contribution in [0, 0.1) is 0 Å². The fourth-order valence-corrected chi connectivity index (χ4v) is 2.82.